The largest absolute Gasteiger partial charge is 0.480 e. The minimum Gasteiger partial charge on any atom is -0.480 e. The molecule has 2 atom stereocenters. The Morgan fingerprint density at radius 2 is 1.77 bits per heavy atom. The zero-order valence-electron chi connectivity index (χ0n) is 21.0. The molecule has 35 heavy (non-hydrogen) atoms. The molecule has 0 aliphatic heterocycles. The van der Waals surface area contributed by atoms with Crippen molar-refractivity contribution in [2.75, 3.05) is 10.6 Å². The summed E-state index contributed by atoms with van der Waals surface area (Å²) in [6.45, 7) is 11.3. The van der Waals surface area contributed by atoms with Gasteiger partial charge in [-0.25, -0.2) is 9.78 Å². The third-order valence-electron chi connectivity index (χ3n) is 5.63. The van der Waals surface area contributed by atoms with Gasteiger partial charge in [0.1, 0.15) is 23.2 Å². The highest BCUT2D eigenvalue weighted by Gasteiger charge is 2.26. The van der Waals surface area contributed by atoms with Crippen molar-refractivity contribution in [3.05, 3.63) is 48.2 Å². The Balaban J connectivity index is 2.02. The van der Waals surface area contributed by atoms with Crippen molar-refractivity contribution in [3.8, 4) is 11.3 Å². The molecule has 0 saturated carbocycles. The fourth-order valence-electron chi connectivity index (χ4n) is 3.68. The Bertz CT molecular complexity index is 1240. The first kappa shape index (κ1) is 25.7. The van der Waals surface area contributed by atoms with E-state index in [0.29, 0.717) is 29.0 Å². The van der Waals surface area contributed by atoms with Gasteiger partial charge in [-0.1, -0.05) is 32.4 Å². The van der Waals surface area contributed by atoms with E-state index in [9.17, 15) is 19.5 Å². The summed E-state index contributed by atoms with van der Waals surface area (Å²) in [6.07, 6.45) is 2.38. The number of imidazole rings is 1. The molecule has 0 bridgehead atoms. The number of anilines is 2. The first-order valence-corrected chi connectivity index (χ1v) is 11.6. The van der Waals surface area contributed by atoms with Gasteiger partial charge >= 0.3 is 5.97 Å². The molecule has 0 spiro atoms. The lowest BCUT2D eigenvalue weighted by Gasteiger charge is -2.23. The molecule has 186 valence electrons. The van der Waals surface area contributed by atoms with Gasteiger partial charge in [0.05, 0.1) is 0 Å². The van der Waals surface area contributed by atoms with Crippen molar-refractivity contribution in [3.63, 3.8) is 0 Å². The van der Waals surface area contributed by atoms with Crippen LogP contribution in [0, 0.1) is 5.92 Å². The molecular formula is C26H33N5O4. The lowest BCUT2D eigenvalue weighted by molar-refractivity contribution is -0.140. The maximum atomic E-state index is 12.9. The van der Waals surface area contributed by atoms with E-state index in [2.05, 4.69) is 16.0 Å². The summed E-state index contributed by atoms with van der Waals surface area (Å²) in [5.41, 5.74) is 2.82. The number of carboxylic acids is 1. The molecule has 9 nitrogen and oxygen atoms in total. The van der Waals surface area contributed by atoms with E-state index in [1.807, 2.05) is 44.2 Å². The van der Waals surface area contributed by atoms with Crippen molar-refractivity contribution in [2.45, 2.75) is 59.5 Å². The predicted octanol–water partition coefficient (Wildman–Crippen LogP) is 4.40. The number of amides is 2. The van der Waals surface area contributed by atoms with E-state index in [1.54, 1.807) is 37.4 Å². The van der Waals surface area contributed by atoms with Gasteiger partial charge in [-0.15, -0.1) is 0 Å². The van der Waals surface area contributed by atoms with Crippen LogP contribution in [0.5, 0.6) is 0 Å². The number of fused-ring (bicyclic) bond motifs is 1. The van der Waals surface area contributed by atoms with Gasteiger partial charge in [-0.2, -0.15) is 0 Å². The number of carboxylic acid groups (broad SMARTS) is 1. The van der Waals surface area contributed by atoms with E-state index in [0.717, 1.165) is 11.4 Å². The van der Waals surface area contributed by atoms with E-state index < -0.39 is 17.9 Å². The van der Waals surface area contributed by atoms with E-state index >= 15 is 0 Å². The predicted molar refractivity (Wildman–Crippen MR) is 137 cm³/mol. The third-order valence-corrected chi connectivity index (χ3v) is 5.63. The Kier molecular flexibility index (Phi) is 7.48. The summed E-state index contributed by atoms with van der Waals surface area (Å²) in [6, 6.07) is 9.68. The van der Waals surface area contributed by atoms with Crippen LogP contribution >= 0.6 is 0 Å². The summed E-state index contributed by atoms with van der Waals surface area (Å²) in [7, 11) is 0. The minimum atomic E-state index is -1.06. The highest BCUT2D eigenvalue weighted by atomic mass is 16.4. The maximum Gasteiger partial charge on any atom is 0.326 e. The molecule has 9 heteroatoms. The van der Waals surface area contributed by atoms with E-state index in [-0.39, 0.29) is 17.4 Å². The lowest BCUT2D eigenvalue weighted by atomic mass is 9.99. The first-order valence-electron chi connectivity index (χ1n) is 11.6. The van der Waals surface area contributed by atoms with Crippen molar-refractivity contribution < 1.29 is 19.5 Å². The van der Waals surface area contributed by atoms with Crippen LogP contribution < -0.4 is 16.0 Å². The molecule has 0 aliphatic carbocycles. The van der Waals surface area contributed by atoms with Crippen LogP contribution in [0.2, 0.25) is 0 Å². The number of pyridine rings is 1. The number of rotatable bonds is 8. The molecule has 2 amide bonds. The van der Waals surface area contributed by atoms with Crippen LogP contribution in [0.1, 0.15) is 58.3 Å². The van der Waals surface area contributed by atoms with Gasteiger partial charge in [0.2, 0.25) is 5.91 Å². The number of nitrogens with zero attached hydrogens (tertiary/aromatic N) is 2. The van der Waals surface area contributed by atoms with Gasteiger partial charge in [0.15, 0.2) is 0 Å². The molecule has 3 aromatic rings. The van der Waals surface area contributed by atoms with E-state index in [1.165, 1.54) is 6.92 Å². The summed E-state index contributed by atoms with van der Waals surface area (Å²) >= 11 is 0. The van der Waals surface area contributed by atoms with Gasteiger partial charge in [0.25, 0.3) is 5.91 Å². The lowest BCUT2D eigenvalue weighted by Crippen LogP contribution is -2.45. The number of carbonyl (C=O) groups is 3. The number of aromatic nitrogens is 2. The first-order chi connectivity index (χ1) is 16.4. The average molecular weight is 480 g/mol. The number of nitrogens with one attached hydrogen (secondary N) is 3. The van der Waals surface area contributed by atoms with Crippen LogP contribution in [-0.4, -0.2) is 43.9 Å². The molecule has 1 aromatic carbocycles. The summed E-state index contributed by atoms with van der Waals surface area (Å²) in [5, 5.41) is 18.4. The van der Waals surface area contributed by atoms with Crippen LogP contribution in [0.4, 0.5) is 11.5 Å². The Morgan fingerprint density at radius 3 is 2.31 bits per heavy atom. The van der Waals surface area contributed by atoms with Crippen LogP contribution in [0.3, 0.4) is 0 Å². The van der Waals surface area contributed by atoms with Gasteiger partial charge in [-0.05, 0) is 51.0 Å². The maximum absolute atomic E-state index is 12.9. The van der Waals surface area contributed by atoms with Crippen molar-refractivity contribution >= 4 is 34.9 Å². The second-order valence-corrected chi connectivity index (χ2v) is 9.76. The quantitative estimate of drug-likeness (QED) is 0.380. The zero-order valence-corrected chi connectivity index (χ0v) is 21.0. The summed E-state index contributed by atoms with van der Waals surface area (Å²) in [5.74, 6) is -1.12. The number of hydrogen-bond acceptors (Lipinski definition) is 5. The molecule has 2 heterocycles. The van der Waals surface area contributed by atoms with E-state index in [4.69, 9.17) is 4.98 Å². The zero-order chi connectivity index (χ0) is 25.9. The standard InChI is InChI=1S/C26H33N5O4/c1-7-15(2)21(25(34)35)29-24(33)18-12-13-31-20(14-18)28-22(23(31)30-26(4,5)6)17-8-10-19(11-9-17)27-16(3)32/h8-15,21,30H,7H2,1-6H3,(H,27,32)(H,29,33)(H,34,35). The number of benzene rings is 1. The van der Waals surface area contributed by atoms with Crippen molar-refractivity contribution in [1.29, 1.82) is 0 Å². The van der Waals surface area contributed by atoms with Crippen LogP contribution in [0.15, 0.2) is 42.6 Å². The average Bonchev–Trinajstić information content (AvgIpc) is 3.12. The normalized spacial score (nSPS) is 13.2. The summed E-state index contributed by atoms with van der Waals surface area (Å²) < 4.78 is 1.86. The highest BCUT2D eigenvalue weighted by molar-refractivity contribution is 5.97. The summed E-state index contributed by atoms with van der Waals surface area (Å²) in [4.78, 5) is 40.6. The monoisotopic (exact) mass is 479 g/mol. The molecule has 2 aromatic heterocycles. The van der Waals surface area contributed by atoms with Crippen molar-refractivity contribution in [1.82, 2.24) is 14.7 Å². The Hall–Kier alpha value is -3.88. The smallest absolute Gasteiger partial charge is 0.326 e. The molecular weight excluding hydrogens is 446 g/mol. The molecule has 0 aliphatic rings. The van der Waals surface area contributed by atoms with Crippen LogP contribution in [-0.2, 0) is 9.59 Å². The molecule has 0 fully saturated rings. The second-order valence-electron chi connectivity index (χ2n) is 9.76. The molecule has 0 radical (unpaired) electrons. The number of carbonyl (C=O) groups excluding carboxylic acids is 2. The Morgan fingerprint density at radius 1 is 1.11 bits per heavy atom. The minimum absolute atomic E-state index is 0.148. The number of aliphatic carboxylic acids is 1. The van der Waals surface area contributed by atoms with Crippen LogP contribution in [0.25, 0.3) is 16.9 Å². The number of hydrogen-bond donors (Lipinski definition) is 4. The van der Waals surface area contributed by atoms with Gasteiger partial charge in [-0.3, -0.25) is 14.0 Å². The van der Waals surface area contributed by atoms with Crippen molar-refractivity contribution in [2.24, 2.45) is 5.92 Å². The Labute approximate surface area is 204 Å². The van der Waals surface area contributed by atoms with Gasteiger partial charge < -0.3 is 21.1 Å². The fourth-order valence-corrected chi connectivity index (χ4v) is 3.68. The fraction of sp³-hybridized carbons (Fsp3) is 0.385. The molecule has 0 saturated heterocycles. The molecule has 2 unspecified atom stereocenters. The molecule has 3 rings (SSSR count). The topological polar surface area (TPSA) is 125 Å². The van der Waals surface area contributed by atoms with Gasteiger partial charge in [0, 0.05) is 35.5 Å². The highest BCUT2D eigenvalue weighted by Crippen LogP contribution is 2.32. The molecule has 4 N–H and O–H groups in total. The SMILES string of the molecule is CCC(C)C(NC(=O)c1ccn2c(NC(C)(C)C)c(-c3ccc(NC(C)=O)cc3)nc2c1)C(=O)O. The second kappa shape index (κ2) is 10.2. The third kappa shape index (κ3) is 6.17.